The van der Waals surface area contributed by atoms with Crippen LogP contribution in [0, 0.1) is 57.0 Å². The van der Waals surface area contributed by atoms with Crippen LogP contribution in [-0.4, -0.2) is 11.6 Å². The molecule has 4 aromatic heterocycles. The van der Waals surface area contributed by atoms with E-state index in [0.29, 0.717) is 33.4 Å². The summed E-state index contributed by atoms with van der Waals surface area (Å²) in [5.41, 5.74) is 8.81. The summed E-state index contributed by atoms with van der Waals surface area (Å²) in [5, 5.41) is 41.2. The number of carbonyl (C=O) groups is 2. The van der Waals surface area contributed by atoms with E-state index in [1.165, 1.54) is 43.2 Å². The lowest BCUT2D eigenvalue weighted by molar-refractivity contribution is 0.103. The molecule has 0 bridgehead atoms. The average molecular weight is 933 g/mol. The summed E-state index contributed by atoms with van der Waals surface area (Å²) in [6.45, 7) is 16.1. The lowest BCUT2D eigenvalue weighted by Crippen LogP contribution is -2.16. The topological polar surface area (TPSA) is 129 Å². The molecule has 0 saturated carbocycles. The van der Waals surface area contributed by atoms with Crippen LogP contribution in [0.25, 0.3) is 61.6 Å². The second-order valence-electron chi connectivity index (χ2n) is 17.1. The van der Waals surface area contributed by atoms with Gasteiger partial charge in [-0.1, -0.05) is 89.4 Å². The Kier molecular flexibility index (Phi) is 9.71. The monoisotopic (exact) mass is 932 g/mol. The van der Waals surface area contributed by atoms with E-state index in [4.69, 9.17) is 21.0 Å². The molecule has 0 amide bonds. The van der Waals surface area contributed by atoms with Gasteiger partial charge >= 0.3 is 0 Å². The second kappa shape index (κ2) is 15.1. The van der Waals surface area contributed by atoms with Gasteiger partial charge in [0.1, 0.15) is 47.1 Å². The number of ketones is 2. The molecule has 0 atom stereocenters. The van der Waals surface area contributed by atoms with Crippen molar-refractivity contribution in [3.8, 4) is 45.2 Å². The molecule has 4 aromatic carbocycles. The normalized spacial score (nSPS) is 15.1. The molecule has 0 saturated heterocycles. The predicted molar refractivity (Wildman–Crippen MR) is 262 cm³/mol. The SMILES string of the molecule is C=C1C(=O)c2ccccc2C1=C(C#N)C#N.C=C1C(=O)c2ccccc2C1=C(C#N)C#N.CC1(C)c2cc3ccsc3c(F)c2-c2sc3c4c(sc3c21)-c1c(cc2ccsc2c1F)C4(C)C. The van der Waals surface area contributed by atoms with Gasteiger partial charge in [-0.3, -0.25) is 9.59 Å². The Balaban J connectivity index is 0.000000134. The number of hydrogen-bond donors (Lipinski definition) is 0. The number of fused-ring (bicyclic) bond motifs is 13. The molecule has 0 N–H and O–H groups in total. The molecule has 0 spiro atoms. The van der Waals surface area contributed by atoms with Crippen molar-refractivity contribution in [3.05, 3.63) is 175 Å². The van der Waals surface area contributed by atoms with E-state index in [2.05, 4.69) is 53.0 Å². The minimum atomic E-state index is -0.304. The molecule has 4 heterocycles. The quantitative estimate of drug-likeness (QED) is 0.110. The first-order valence-electron chi connectivity index (χ1n) is 20.4. The van der Waals surface area contributed by atoms with Crippen molar-refractivity contribution >= 4 is 97.6 Å². The molecule has 0 unspecified atom stereocenters. The fraction of sp³-hybridized carbons (Fsp3) is 0.111. The van der Waals surface area contributed by atoms with Gasteiger partial charge in [0.05, 0.1) is 18.8 Å². The molecule has 12 heteroatoms. The number of nitrogens with zero attached hydrogens (tertiary/aromatic N) is 4. The van der Waals surface area contributed by atoms with E-state index >= 15 is 8.78 Å². The smallest absolute Gasteiger partial charge is 0.193 e. The zero-order valence-electron chi connectivity index (χ0n) is 35.5. The lowest BCUT2D eigenvalue weighted by atomic mass is 9.81. The van der Waals surface area contributed by atoms with E-state index in [-0.39, 0.29) is 56.3 Å². The van der Waals surface area contributed by atoms with Crippen molar-refractivity contribution in [1.29, 1.82) is 21.0 Å². The van der Waals surface area contributed by atoms with Crippen LogP contribution in [-0.2, 0) is 10.8 Å². The van der Waals surface area contributed by atoms with Crippen LogP contribution in [0.2, 0.25) is 0 Å². The summed E-state index contributed by atoms with van der Waals surface area (Å²) in [7, 11) is 0. The van der Waals surface area contributed by atoms with E-state index in [0.717, 1.165) is 52.2 Å². The maximum absolute atomic E-state index is 15.9. The Labute approximate surface area is 393 Å². The van der Waals surface area contributed by atoms with Crippen molar-refractivity contribution in [2.24, 2.45) is 0 Å². The molecular formula is C54H30F2N4O2S4. The van der Waals surface area contributed by atoms with Crippen LogP contribution in [0.15, 0.2) is 119 Å². The van der Waals surface area contributed by atoms with Crippen molar-refractivity contribution in [2.75, 3.05) is 0 Å². The third-order valence-corrected chi connectivity index (χ3v) is 17.3. The Morgan fingerprint density at radius 2 is 0.894 bits per heavy atom. The van der Waals surface area contributed by atoms with E-state index in [1.807, 2.05) is 22.9 Å². The number of hydrogen-bond acceptors (Lipinski definition) is 10. The molecule has 12 rings (SSSR count). The third kappa shape index (κ3) is 5.73. The summed E-state index contributed by atoms with van der Waals surface area (Å²) in [4.78, 5) is 25.7. The van der Waals surface area contributed by atoms with Gasteiger partial charge < -0.3 is 0 Å². The summed E-state index contributed by atoms with van der Waals surface area (Å²) in [6, 6.07) is 29.3. The highest BCUT2D eigenvalue weighted by Crippen LogP contribution is 2.65. The molecule has 0 aliphatic heterocycles. The maximum Gasteiger partial charge on any atom is 0.193 e. The Bertz CT molecular complexity index is 3590. The first-order valence-corrected chi connectivity index (χ1v) is 23.8. The largest absolute Gasteiger partial charge is 0.289 e. The van der Waals surface area contributed by atoms with Crippen LogP contribution in [0.3, 0.4) is 0 Å². The van der Waals surface area contributed by atoms with Gasteiger partial charge in [0.2, 0.25) is 0 Å². The summed E-state index contributed by atoms with van der Waals surface area (Å²) >= 11 is 6.36. The van der Waals surface area contributed by atoms with Crippen LogP contribution in [0.4, 0.5) is 8.78 Å². The Morgan fingerprint density at radius 1 is 0.545 bits per heavy atom. The van der Waals surface area contributed by atoms with Crippen LogP contribution >= 0.6 is 45.3 Å². The van der Waals surface area contributed by atoms with E-state index in [1.54, 1.807) is 95.5 Å². The zero-order valence-corrected chi connectivity index (χ0v) is 38.8. The van der Waals surface area contributed by atoms with Crippen LogP contribution in [0.1, 0.15) is 81.8 Å². The number of nitriles is 4. The molecule has 4 aliphatic rings. The second-order valence-corrected chi connectivity index (χ2v) is 21.0. The van der Waals surface area contributed by atoms with Gasteiger partial charge in [-0.15, -0.1) is 45.3 Å². The Morgan fingerprint density at radius 3 is 1.24 bits per heavy atom. The van der Waals surface area contributed by atoms with Gasteiger partial charge in [0, 0.05) is 65.1 Å². The zero-order chi connectivity index (χ0) is 46.7. The molecule has 8 aromatic rings. The van der Waals surface area contributed by atoms with Gasteiger partial charge in [0.15, 0.2) is 11.6 Å². The number of rotatable bonds is 0. The van der Waals surface area contributed by atoms with Crippen molar-refractivity contribution < 1.29 is 18.4 Å². The molecule has 6 nitrogen and oxygen atoms in total. The standard InChI is InChI=1S/C28H18F2S4.2C13H6N2O/c1-27(2)13-9-11-5-7-31-21(11)19(29)15(13)23-17(27)25-26(33-23)18-24(34-25)16-14(28(18,3)4)10-12-6-8-32-22(12)20(16)30;2*1-8-12(9(6-14)7-15)10-4-2-3-5-11(10)13(8)16/h5-10H,1-4H3;2*2-5H,1H2. The number of Topliss-reactive ketones (excluding diaryl/α,β-unsaturated/α-hetero) is 2. The third-order valence-electron chi connectivity index (χ3n) is 12.9. The number of allylic oxidation sites excluding steroid dienone is 6. The first-order chi connectivity index (χ1) is 31.6. The van der Waals surface area contributed by atoms with Gasteiger partial charge in [-0.25, -0.2) is 8.78 Å². The summed E-state index contributed by atoms with van der Waals surface area (Å²) < 4.78 is 35.6. The minimum absolute atomic E-state index is 0.0664. The molecule has 0 fully saturated rings. The summed E-state index contributed by atoms with van der Waals surface area (Å²) in [6.07, 6.45) is 0. The van der Waals surface area contributed by atoms with E-state index in [9.17, 15) is 9.59 Å². The van der Waals surface area contributed by atoms with Crippen LogP contribution in [0.5, 0.6) is 0 Å². The molecule has 66 heavy (non-hydrogen) atoms. The van der Waals surface area contributed by atoms with Crippen molar-refractivity contribution in [3.63, 3.8) is 0 Å². The number of thiophene rings is 4. The molecule has 4 aliphatic carbocycles. The van der Waals surface area contributed by atoms with E-state index < -0.39 is 0 Å². The summed E-state index contributed by atoms with van der Waals surface area (Å²) in [5.74, 6) is -0.607. The predicted octanol–water partition coefficient (Wildman–Crippen LogP) is 14.8. The Hall–Kier alpha value is -7.42. The first kappa shape index (κ1) is 42.5. The van der Waals surface area contributed by atoms with Gasteiger partial charge in [-0.05, 0) is 79.2 Å². The number of halogens is 2. The minimum Gasteiger partial charge on any atom is -0.289 e. The maximum atomic E-state index is 15.9. The van der Waals surface area contributed by atoms with Crippen LogP contribution < -0.4 is 0 Å². The highest BCUT2D eigenvalue weighted by molar-refractivity contribution is 7.32. The fourth-order valence-electron chi connectivity index (χ4n) is 9.78. The number of carbonyl (C=O) groups excluding carboxylic acids is 2. The van der Waals surface area contributed by atoms with Crippen molar-refractivity contribution in [2.45, 2.75) is 38.5 Å². The highest BCUT2D eigenvalue weighted by atomic mass is 32.1. The molecule has 0 radical (unpaired) electrons. The number of benzene rings is 4. The highest BCUT2D eigenvalue weighted by Gasteiger charge is 2.47. The molecular weight excluding hydrogens is 903 g/mol. The van der Waals surface area contributed by atoms with Gasteiger partial charge in [-0.2, -0.15) is 21.0 Å². The van der Waals surface area contributed by atoms with Crippen molar-refractivity contribution in [1.82, 2.24) is 0 Å². The van der Waals surface area contributed by atoms with Gasteiger partial charge in [0.25, 0.3) is 0 Å². The lowest BCUT2D eigenvalue weighted by Gasteiger charge is -2.22. The molecule has 316 valence electrons. The fourth-order valence-corrected chi connectivity index (χ4v) is 15.0. The average Bonchev–Trinajstić information content (AvgIpc) is 4.19.